The number of anilines is 2. The maximum atomic E-state index is 13.9. The minimum absolute atomic E-state index is 0.0327. The second-order valence-corrected chi connectivity index (χ2v) is 12.8. The van der Waals surface area contributed by atoms with Crippen LogP contribution in [0.25, 0.3) is 5.57 Å². The Morgan fingerprint density at radius 3 is 2.29 bits per heavy atom. The van der Waals surface area contributed by atoms with Crippen LogP contribution in [-0.4, -0.2) is 68.8 Å². The van der Waals surface area contributed by atoms with E-state index in [-0.39, 0.29) is 29.2 Å². The molecule has 0 spiro atoms. The summed E-state index contributed by atoms with van der Waals surface area (Å²) in [5.74, 6) is 1.07. The number of rotatable bonds is 8. The molecule has 1 fully saturated rings. The number of nitrogens with one attached hydrogen (secondary N) is 1. The average molecular weight is 661 g/mol. The van der Waals surface area contributed by atoms with Crippen LogP contribution in [-0.2, 0) is 6.54 Å². The van der Waals surface area contributed by atoms with Gasteiger partial charge in [-0.05, 0) is 66.3 Å². The fourth-order valence-electron chi connectivity index (χ4n) is 7.50. The Hall–Kier alpha value is -5.51. The van der Waals surface area contributed by atoms with Crippen molar-refractivity contribution in [2.75, 3.05) is 57.7 Å². The molecule has 10 heteroatoms. The number of hydrogen-bond acceptors (Lipinski definition) is 7. The molecule has 10 nitrogen and oxygen atoms in total. The lowest BCUT2D eigenvalue weighted by molar-refractivity contribution is 0.0772. The minimum atomic E-state index is -0.382. The topological polar surface area (TPSA) is 102 Å². The third kappa shape index (κ3) is 6.26. The number of nitrogens with zero attached hydrogens (tertiary/aromatic N) is 3. The van der Waals surface area contributed by atoms with Crippen LogP contribution in [0.1, 0.15) is 50.7 Å². The van der Waals surface area contributed by atoms with Crippen molar-refractivity contribution < 1.29 is 23.8 Å². The Bertz CT molecular complexity index is 1960. The molecular weight excluding hydrogens is 620 g/mol. The second kappa shape index (κ2) is 13.5. The number of benzene rings is 3. The predicted molar refractivity (Wildman–Crippen MR) is 189 cm³/mol. The summed E-state index contributed by atoms with van der Waals surface area (Å²) >= 11 is 0. The number of methoxy groups -OCH3 is 3. The lowest BCUT2D eigenvalue weighted by atomic mass is 9.83. The molecule has 2 atom stereocenters. The SMILES string of the molecule is COc1cc(C(=O)Nc2cc(C(=O)N3CC=C(c4ccccc4)CC3)ccc2N2CC3CC(C2)c2cccc(=O)n2C3)cc(OC)c1OC. The molecule has 2 amide bonds. The first-order valence-corrected chi connectivity index (χ1v) is 16.6. The number of aromatic nitrogens is 1. The Kier molecular flexibility index (Phi) is 8.86. The number of fused-ring (bicyclic) bond motifs is 4. The van der Waals surface area contributed by atoms with Gasteiger partial charge >= 0.3 is 0 Å². The summed E-state index contributed by atoms with van der Waals surface area (Å²) in [7, 11) is 4.52. The van der Waals surface area contributed by atoms with Gasteiger partial charge in [0.25, 0.3) is 17.4 Å². The van der Waals surface area contributed by atoms with E-state index in [2.05, 4.69) is 28.4 Å². The molecule has 3 aromatic carbocycles. The van der Waals surface area contributed by atoms with Gasteiger partial charge < -0.3 is 33.9 Å². The van der Waals surface area contributed by atoms with Crippen molar-refractivity contribution >= 4 is 28.8 Å². The maximum Gasteiger partial charge on any atom is 0.255 e. The van der Waals surface area contributed by atoms with Crippen molar-refractivity contribution in [3.05, 3.63) is 118 Å². The molecule has 2 unspecified atom stereocenters. The molecule has 0 aliphatic carbocycles. The Morgan fingerprint density at radius 2 is 1.59 bits per heavy atom. The van der Waals surface area contributed by atoms with Crippen molar-refractivity contribution in [3.63, 3.8) is 0 Å². The lowest BCUT2D eigenvalue weighted by Gasteiger charge is -2.44. The van der Waals surface area contributed by atoms with Gasteiger partial charge in [0.1, 0.15) is 0 Å². The number of amides is 2. The van der Waals surface area contributed by atoms with Crippen molar-refractivity contribution in [1.29, 1.82) is 0 Å². The monoisotopic (exact) mass is 660 g/mol. The third-order valence-corrected chi connectivity index (χ3v) is 9.88. The van der Waals surface area contributed by atoms with Gasteiger partial charge in [-0.2, -0.15) is 0 Å². The third-order valence-electron chi connectivity index (χ3n) is 9.88. The molecule has 4 aromatic rings. The average Bonchev–Trinajstić information content (AvgIpc) is 3.14. The first kappa shape index (κ1) is 32.1. The fraction of sp³-hybridized carbons (Fsp3) is 0.308. The van der Waals surface area contributed by atoms with Gasteiger partial charge in [-0.15, -0.1) is 0 Å². The Morgan fingerprint density at radius 1 is 0.816 bits per heavy atom. The van der Waals surface area contributed by atoms with Crippen LogP contribution in [0.3, 0.4) is 0 Å². The minimum Gasteiger partial charge on any atom is -0.493 e. The first-order valence-electron chi connectivity index (χ1n) is 16.6. The van der Waals surface area contributed by atoms with E-state index in [0.717, 1.165) is 30.8 Å². The van der Waals surface area contributed by atoms with E-state index in [4.69, 9.17) is 14.2 Å². The first-order chi connectivity index (χ1) is 23.9. The molecule has 3 aliphatic heterocycles. The van der Waals surface area contributed by atoms with Gasteiger partial charge in [-0.25, -0.2) is 0 Å². The van der Waals surface area contributed by atoms with Crippen LogP contribution in [0.5, 0.6) is 17.2 Å². The van der Waals surface area contributed by atoms with E-state index in [0.29, 0.717) is 60.2 Å². The zero-order valence-electron chi connectivity index (χ0n) is 28.0. The summed E-state index contributed by atoms with van der Waals surface area (Å²) in [6, 6.07) is 24.5. The number of ether oxygens (including phenoxy) is 3. The second-order valence-electron chi connectivity index (χ2n) is 12.8. The van der Waals surface area contributed by atoms with Crippen LogP contribution in [0.2, 0.25) is 0 Å². The number of piperidine rings is 1. The molecule has 1 saturated heterocycles. The summed E-state index contributed by atoms with van der Waals surface area (Å²) in [6.45, 7) is 3.16. The smallest absolute Gasteiger partial charge is 0.255 e. The maximum absolute atomic E-state index is 13.9. The van der Waals surface area contributed by atoms with Crippen molar-refractivity contribution in [3.8, 4) is 17.2 Å². The molecular formula is C39H40N4O6. The highest BCUT2D eigenvalue weighted by Gasteiger charge is 2.35. The normalized spacial score (nSPS) is 18.2. The number of carbonyl (C=O) groups excluding carboxylic acids is 2. The lowest BCUT2D eigenvalue weighted by Crippen LogP contribution is -2.47. The van der Waals surface area contributed by atoms with E-state index >= 15 is 0 Å². The molecule has 1 aromatic heterocycles. The van der Waals surface area contributed by atoms with Crippen LogP contribution in [0.4, 0.5) is 11.4 Å². The van der Waals surface area contributed by atoms with Crippen molar-refractivity contribution in [2.45, 2.75) is 25.3 Å². The van der Waals surface area contributed by atoms with E-state index in [1.807, 2.05) is 51.9 Å². The number of pyridine rings is 1. The Labute approximate surface area is 285 Å². The summed E-state index contributed by atoms with van der Waals surface area (Å²) in [5, 5.41) is 3.11. The van der Waals surface area contributed by atoms with Crippen LogP contribution in [0.15, 0.2) is 89.7 Å². The summed E-state index contributed by atoms with van der Waals surface area (Å²) in [4.78, 5) is 44.6. The van der Waals surface area contributed by atoms with Gasteiger partial charge in [-0.3, -0.25) is 14.4 Å². The van der Waals surface area contributed by atoms with E-state index in [1.165, 1.54) is 32.5 Å². The highest BCUT2D eigenvalue weighted by molar-refractivity contribution is 6.08. The molecule has 252 valence electrons. The van der Waals surface area contributed by atoms with Crippen molar-refractivity contribution in [2.24, 2.45) is 5.92 Å². The summed E-state index contributed by atoms with van der Waals surface area (Å²) in [5.41, 5.74) is 5.65. The van der Waals surface area contributed by atoms with Gasteiger partial charge in [0, 0.05) is 61.5 Å². The zero-order chi connectivity index (χ0) is 34.1. The van der Waals surface area contributed by atoms with Crippen LogP contribution in [0, 0.1) is 5.92 Å². The molecule has 3 aliphatic rings. The van der Waals surface area contributed by atoms with Crippen molar-refractivity contribution in [1.82, 2.24) is 9.47 Å². The molecule has 0 radical (unpaired) electrons. The molecule has 0 saturated carbocycles. The fourth-order valence-corrected chi connectivity index (χ4v) is 7.50. The Balaban J connectivity index is 1.21. The highest BCUT2D eigenvalue weighted by atomic mass is 16.5. The van der Waals surface area contributed by atoms with Gasteiger partial charge in [0.15, 0.2) is 11.5 Å². The van der Waals surface area contributed by atoms with E-state index < -0.39 is 0 Å². The molecule has 1 N–H and O–H groups in total. The van der Waals surface area contributed by atoms with Crippen LogP contribution < -0.4 is 30.0 Å². The number of carbonyl (C=O) groups is 2. The molecule has 49 heavy (non-hydrogen) atoms. The molecule has 4 heterocycles. The standard InChI is InChI=1S/C39H40N4O6/c1-47-34-20-29(21-35(48-2)37(34)49-3)38(45)40-31-19-28(39(46)41-16-14-27(15-17-41)26-8-5-4-6-9-26)12-13-33(31)42-22-25-18-30(24-42)32-10-7-11-36(44)43(32)23-25/h4-14,19-21,25,30H,15-18,22-24H2,1-3H3,(H,40,45). The zero-order valence-corrected chi connectivity index (χ0v) is 28.0. The summed E-state index contributed by atoms with van der Waals surface area (Å²) < 4.78 is 18.4. The summed E-state index contributed by atoms with van der Waals surface area (Å²) in [6.07, 6.45) is 3.88. The van der Waals surface area contributed by atoms with Gasteiger partial charge in [0.2, 0.25) is 5.75 Å². The van der Waals surface area contributed by atoms with Crippen LogP contribution >= 0.6 is 0 Å². The van der Waals surface area contributed by atoms with Gasteiger partial charge in [0.05, 0.1) is 32.7 Å². The largest absolute Gasteiger partial charge is 0.493 e. The number of hydrogen-bond donors (Lipinski definition) is 1. The quantitative estimate of drug-likeness (QED) is 0.260. The molecule has 7 rings (SSSR count). The predicted octanol–water partition coefficient (Wildman–Crippen LogP) is 5.68. The highest BCUT2D eigenvalue weighted by Crippen LogP contribution is 2.41. The van der Waals surface area contributed by atoms with Gasteiger partial charge in [-0.1, -0.05) is 42.5 Å². The molecule has 2 bridgehead atoms. The van der Waals surface area contributed by atoms with E-state index in [1.54, 1.807) is 24.3 Å². The van der Waals surface area contributed by atoms with E-state index in [9.17, 15) is 14.4 Å².